The number of sulfonamides is 1. The number of fused-ring (bicyclic) bond motifs is 1. The van der Waals surface area contributed by atoms with Crippen LogP contribution in [0.5, 0.6) is 5.75 Å². The first-order valence-electron chi connectivity index (χ1n) is 24.0. The second-order valence-electron chi connectivity index (χ2n) is 19.8. The molecular formula is C49H61Cl2F3N10O8S. The highest BCUT2D eigenvalue weighted by molar-refractivity contribution is 7.89. The Morgan fingerprint density at radius 1 is 0.904 bits per heavy atom. The van der Waals surface area contributed by atoms with Gasteiger partial charge in [0.05, 0.1) is 38.4 Å². The fourth-order valence-electron chi connectivity index (χ4n) is 8.94. The van der Waals surface area contributed by atoms with E-state index < -0.39 is 27.7 Å². The Hall–Kier alpha value is -5.68. The second kappa shape index (κ2) is 22.0. The molecule has 5 heterocycles. The number of ether oxygens (including phenoxy) is 1. The van der Waals surface area contributed by atoms with E-state index in [0.29, 0.717) is 85.4 Å². The number of pyridine rings is 1. The Kier molecular flexibility index (Phi) is 16.6. The van der Waals surface area contributed by atoms with Crippen molar-refractivity contribution < 1.29 is 55.1 Å². The highest BCUT2D eigenvalue weighted by Gasteiger charge is 2.48. The lowest BCUT2D eigenvalue weighted by Crippen LogP contribution is -2.62. The second-order valence-corrected chi connectivity index (χ2v) is 22.2. The number of rotatable bonds is 14. The first-order chi connectivity index (χ1) is 34.3. The molecule has 1 aromatic heterocycles. The smallest absolute Gasteiger partial charge is 0.430 e. The molecule has 0 spiro atoms. The average Bonchev–Trinajstić information content (AvgIpc) is 4.19. The van der Waals surface area contributed by atoms with Crippen molar-refractivity contribution in [2.75, 3.05) is 99.7 Å². The van der Waals surface area contributed by atoms with Gasteiger partial charge in [-0.05, 0) is 56.5 Å². The summed E-state index contributed by atoms with van der Waals surface area (Å²) in [5, 5.41) is 9.96. The van der Waals surface area contributed by atoms with Gasteiger partial charge in [-0.25, -0.2) is 13.4 Å². The van der Waals surface area contributed by atoms with E-state index in [1.165, 1.54) is 18.2 Å². The van der Waals surface area contributed by atoms with Crippen molar-refractivity contribution >= 4 is 73.5 Å². The van der Waals surface area contributed by atoms with E-state index in [1.807, 2.05) is 57.7 Å². The number of Topliss-reactive ketones (excluding diaryl/α,β-unsaturated/α-hetero) is 1. The standard InChI is InChI=1S/C35H48Cl2N7O4S.C12H13N3O2.C2HF3O2/c1-24-22-25(2)40-32-26(24)10-8-11-29(32)48-23-27-28(36)12-13-30(31(27)37)49(46,47)41-35(14-6-7-15-35)33(45)42-17-19-43(20-18-42)34(38)39-16-9-21-44(3,4)5;16-9-7-8(13-1-2-13)12(17)11(15-5-6-15)10(9)14-3-4-14;3-2(4,5)1(6)7/h8,10-13,22,41H,6-7,9,14-21,23H2,1-5H3,(H2,38,39);7H,1-6H2;(H,6,7)/q+1;;/p-1. The number of hydrogen-bond acceptors (Lipinski definition) is 13. The molecule has 1 amide bonds. The van der Waals surface area contributed by atoms with Crippen LogP contribution in [-0.4, -0.2) is 183 Å². The van der Waals surface area contributed by atoms with Crippen LogP contribution in [0.2, 0.25) is 10.0 Å². The largest absolute Gasteiger partial charge is 0.542 e. The molecule has 18 nitrogen and oxygen atoms in total. The summed E-state index contributed by atoms with van der Waals surface area (Å²) in [6, 6.07) is 10.5. The molecule has 396 valence electrons. The number of aromatic nitrogens is 1. The maximum atomic E-state index is 14.1. The molecule has 4 saturated heterocycles. The summed E-state index contributed by atoms with van der Waals surface area (Å²) in [5.74, 6) is -2.18. The van der Waals surface area contributed by atoms with Crippen LogP contribution in [-0.2, 0) is 35.8 Å². The Morgan fingerprint density at radius 2 is 1.49 bits per heavy atom. The van der Waals surface area contributed by atoms with Crippen LogP contribution in [0, 0.1) is 13.8 Å². The van der Waals surface area contributed by atoms with E-state index in [-0.39, 0.29) is 39.0 Å². The molecule has 5 fully saturated rings. The monoisotopic (exact) mass is 1080 g/mol. The molecule has 0 unspecified atom stereocenters. The minimum absolute atomic E-state index is 0.00546. The fourth-order valence-corrected chi connectivity index (χ4v) is 11.3. The Labute approximate surface area is 432 Å². The number of allylic oxidation sites excluding steroid dienone is 1. The lowest BCUT2D eigenvalue weighted by molar-refractivity contribution is -0.870. The predicted molar refractivity (Wildman–Crippen MR) is 267 cm³/mol. The van der Waals surface area contributed by atoms with Crippen molar-refractivity contribution in [3.05, 3.63) is 86.4 Å². The van der Waals surface area contributed by atoms with Crippen LogP contribution in [0.25, 0.3) is 10.9 Å². The molecule has 0 atom stereocenters. The van der Waals surface area contributed by atoms with Gasteiger partial charge in [0.2, 0.25) is 27.5 Å². The first-order valence-corrected chi connectivity index (χ1v) is 26.3. The van der Waals surface area contributed by atoms with Gasteiger partial charge in [0.15, 0.2) is 5.96 Å². The van der Waals surface area contributed by atoms with Gasteiger partial charge in [0, 0.05) is 106 Å². The number of ketones is 2. The maximum Gasteiger partial charge on any atom is 0.430 e. The van der Waals surface area contributed by atoms with Crippen molar-refractivity contribution in [3.63, 3.8) is 0 Å². The number of guanidine groups is 1. The van der Waals surface area contributed by atoms with E-state index in [4.69, 9.17) is 43.6 Å². The number of nitrogens with one attached hydrogen (secondary N) is 1. The SMILES string of the molecule is Cc1cc(C)c2cccc(OCc3c(Cl)ccc(S(=O)(=O)NC4(C(=O)N5CCN(C(N)=NCCC[N+](C)(C)C)CC5)CCCC4)c3Cl)c2n1.O=C([O-])C(F)(F)F.O=C1C=C(N2CC2)C(=O)C(N2CC2)=C1N1CC1. The van der Waals surface area contributed by atoms with Crippen LogP contribution in [0.15, 0.2) is 69.5 Å². The number of hydrogen-bond donors (Lipinski definition) is 2. The summed E-state index contributed by atoms with van der Waals surface area (Å²) in [6.07, 6.45) is -0.488. The van der Waals surface area contributed by atoms with Gasteiger partial charge >= 0.3 is 6.18 Å². The molecule has 0 radical (unpaired) electrons. The number of carboxylic acids is 1. The lowest BCUT2D eigenvalue weighted by Gasteiger charge is -2.40. The summed E-state index contributed by atoms with van der Waals surface area (Å²) in [5.41, 5.74) is 9.85. The number of carbonyl (C=O) groups excluding carboxylic acids is 4. The Morgan fingerprint density at radius 3 is 2.07 bits per heavy atom. The molecule has 24 heteroatoms. The number of nitrogens with zero attached hydrogens (tertiary/aromatic N) is 8. The normalized spacial score (nSPS) is 18.8. The van der Waals surface area contributed by atoms with E-state index in [2.05, 4.69) is 35.8 Å². The lowest BCUT2D eigenvalue weighted by atomic mass is 9.96. The summed E-state index contributed by atoms with van der Waals surface area (Å²) >= 11 is 13.3. The third-order valence-electron chi connectivity index (χ3n) is 13.0. The molecule has 73 heavy (non-hydrogen) atoms. The van der Waals surface area contributed by atoms with Crippen LogP contribution in [0.4, 0.5) is 13.2 Å². The van der Waals surface area contributed by atoms with Crippen molar-refractivity contribution in [1.29, 1.82) is 0 Å². The summed E-state index contributed by atoms with van der Waals surface area (Å²) < 4.78 is 69.4. The van der Waals surface area contributed by atoms with Crippen molar-refractivity contribution in [2.24, 2.45) is 10.7 Å². The van der Waals surface area contributed by atoms with Gasteiger partial charge in [0.25, 0.3) is 0 Å². The predicted octanol–water partition coefficient (Wildman–Crippen LogP) is 3.36. The van der Waals surface area contributed by atoms with E-state index in [1.54, 1.807) is 4.90 Å². The Balaban J connectivity index is 0.000000262. The number of para-hydroxylation sites is 1. The summed E-state index contributed by atoms with van der Waals surface area (Å²) in [4.78, 5) is 66.1. The fraction of sp³-hybridized carbons (Fsp3) is 0.510. The van der Waals surface area contributed by atoms with Gasteiger partial charge < -0.3 is 49.4 Å². The van der Waals surface area contributed by atoms with E-state index in [9.17, 15) is 36.0 Å². The average molecular weight is 1080 g/mol. The number of benzene rings is 2. The molecule has 6 aliphatic rings. The van der Waals surface area contributed by atoms with Crippen molar-refractivity contribution in [3.8, 4) is 5.75 Å². The molecule has 0 bridgehead atoms. The minimum Gasteiger partial charge on any atom is -0.542 e. The zero-order valence-electron chi connectivity index (χ0n) is 41.5. The van der Waals surface area contributed by atoms with Gasteiger partial charge in [-0.15, -0.1) is 0 Å². The van der Waals surface area contributed by atoms with Crippen molar-refractivity contribution in [2.45, 2.75) is 69.2 Å². The number of aliphatic carboxylic acids is 1. The number of halogens is 5. The number of aryl methyl sites for hydroxylation is 2. The zero-order chi connectivity index (χ0) is 53.2. The first kappa shape index (κ1) is 55.1. The van der Waals surface area contributed by atoms with Crippen LogP contribution in [0.3, 0.4) is 0 Å². The quantitative estimate of drug-likeness (QED) is 0.0592. The number of carboxylic acid groups (broad SMARTS) is 1. The number of carbonyl (C=O) groups is 4. The minimum atomic E-state index is -5.19. The van der Waals surface area contributed by atoms with Gasteiger partial charge in [0.1, 0.15) is 45.7 Å². The van der Waals surface area contributed by atoms with Gasteiger partial charge in [-0.1, -0.05) is 48.2 Å². The molecule has 9 rings (SSSR count). The number of alkyl halides is 3. The van der Waals surface area contributed by atoms with E-state index in [0.717, 1.165) is 86.2 Å². The van der Waals surface area contributed by atoms with Crippen LogP contribution >= 0.6 is 23.2 Å². The zero-order valence-corrected chi connectivity index (χ0v) is 43.8. The number of nitrogens with two attached hydrogens (primary N) is 1. The molecule has 4 aliphatic heterocycles. The third kappa shape index (κ3) is 13.5. The molecular weight excluding hydrogens is 1020 g/mol. The van der Waals surface area contributed by atoms with Gasteiger partial charge in [-0.2, -0.15) is 17.9 Å². The topological polar surface area (TPSA) is 214 Å². The summed E-state index contributed by atoms with van der Waals surface area (Å²) in [7, 11) is 2.19. The molecule has 2 aromatic carbocycles. The number of amides is 1. The molecule has 2 aliphatic carbocycles. The molecule has 3 aromatic rings. The highest BCUT2D eigenvalue weighted by atomic mass is 35.5. The molecule has 1 saturated carbocycles. The number of quaternary nitrogens is 1. The number of aliphatic imine (C=N–C) groups is 1. The number of piperazine rings is 1. The third-order valence-corrected chi connectivity index (χ3v) is 15.5. The highest BCUT2D eigenvalue weighted by Crippen LogP contribution is 2.38. The van der Waals surface area contributed by atoms with Crippen LogP contribution in [0.1, 0.15) is 48.9 Å². The van der Waals surface area contributed by atoms with Gasteiger partial charge in [-0.3, -0.25) is 19.4 Å². The molecule has 3 N–H and O–H groups in total. The van der Waals surface area contributed by atoms with Crippen LogP contribution < -0.4 is 20.3 Å². The summed E-state index contributed by atoms with van der Waals surface area (Å²) in [6.45, 7) is 12.8. The van der Waals surface area contributed by atoms with Crippen molar-refractivity contribution in [1.82, 2.24) is 34.2 Å². The van der Waals surface area contributed by atoms with E-state index >= 15 is 0 Å². The maximum absolute atomic E-state index is 14.1. The Bertz CT molecular complexity index is 2850.